The molecular formula is C14H30N2O. The minimum atomic E-state index is 0.511. The van der Waals surface area contributed by atoms with Crippen LogP contribution in [0, 0.1) is 5.41 Å². The molecule has 0 radical (unpaired) electrons. The van der Waals surface area contributed by atoms with Gasteiger partial charge in [-0.2, -0.15) is 0 Å². The first kappa shape index (κ1) is 14.9. The molecule has 1 saturated carbocycles. The summed E-state index contributed by atoms with van der Waals surface area (Å²) in [5.74, 6) is 0. The highest BCUT2D eigenvalue weighted by Crippen LogP contribution is 2.36. The highest BCUT2D eigenvalue weighted by atomic mass is 16.5. The normalized spacial score (nSPS) is 19.8. The van der Waals surface area contributed by atoms with Crippen molar-refractivity contribution in [1.29, 1.82) is 0 Å². The molecule has 0 heterocycles. The van der Waals surface area contributed by atoms with E-state index in [4.69, 9.17) is 4.74 Å². The second-order valence-electron chi connectivity index (χ2n) is 5.45. The van der Waals surface area contributed by atoms with Gasteiger partial charge in [0.25, 0.3) is 0 Å². The van der Waals surface area contributed by atoms with Gasteiger partial charge in [-0.15, -0.1) is 0 Å². The Bertz CT molecular complexity index is 185. The van der Waals surface area contributed by atoms with Gasteiger partial charge < -0.3 is 15.0 Å². The monoisotopic (exact) mass is 242 g/mol. The Hall–Kier alpha value is -0.120. The van der Waals surface area contributed by atoms with Crippen LogP contribution in [0.2, 0.25) is 0 Å². The molecule has 0 bridgehead atoms. The van der Waals surface area contributed by atoms with E-state index in [-0.39, 0.29) is 0 Å². The zero-order valence-electron chi connectivity index (χ0n) is 11.9. The molecule has 17 heavy (non-hydrogen) atoms. The molecule has 3 nitrogen and oxygen atoms in total. The van der Waals surface area contributed by atoms with Crippen molar-refractivity contribution in [1.82, 2.24) is 10.2 Å². The summed E-state index contributed by atoms with van der Waals surface area (Å²) in [5, 5.41) is 3.41. The summed E-state index contributed by atoms with van der Waals surface area (Å²) in [4.78, 5) is 2.55. The molecule has 1 aliphatic rings. The topological polar surface area (TPSA) is 24.5 Å². The predicted octanol–water partition coefficient (Wildman–Crippen LogP) is 2.12. The Morgan fingerprint density at radius 1 is 1.24 bits per heavy atom. The van der Waals surface area contributed by atoms with E-state index in [9.17, 15) is 0 Å². The molecular weight excluding hydrogens is 212 g/mol. The van der Waals surface area contributed by atoms with Crippen molar-refractivity contribution in [2.24, 2.45) is 5.41 Å². The molecule has 1 N–H and O–H groups in total. The number of rotatable bonds is 8. The summed E-state index contributed by atoms with van der Waals surface area (Å²) in [6.45, 7) is 7.70. The van der Waals surface area contributed by atoms with E-state index in [1.807, 2.05) is 0 Å². The maximum Gasteiger partial charge on any atom is 0.0589 e. The summed E-state index contributed by atoms with van der Waals surface area (Å²) in [7, 11) is 3.87. The van der Waals surface area contributed by atoms with E-state index >= 15 is 0 Å². The van der Waals surface area contributed by atoms with Gasteiger partial charge >= 0.3 is 0 Å². The molecule has 1 aliphatic carbocycles. The van der Waals surface area contributed by atoms with E-state index in [1.165, 1.54) is 38.6 Å². The Morgan fingerprint density at radius 3 is 2.47 bits per heavy atom. The lowest BCUT2D eigenvalue weighted by atomic mass is 9.73. The standard InChI is InChI=1S/C14H30N2O/c1-4-16(10-11-17-3)13-14(12-15-2)8-6-5-7-9-14/h15H,4-13H2,1-3H3. The molecule has 0 aliphatic heterocycles. The highest BCUT2D eigenvalue weighted by molar-refractivity contribution is 4.87. The van der Waals surface area contributed by atoms with Crippen LogP contribution < -0.4 is 5.32 Å². The van der Waals surface area contributed by atoms with Crippen LogP contribution in [0.5, 0.6) is 0 Å². The first-order valence-corrected chi connectivity index (χ1v) is 7.12. The number of methoxy groups -OCH3 is 1. The predicted molar refractivity (Wildman–Crippen MR) is 73.4 cm³/mol. The van der Waals surface area contributed by atoms with Crippen LogP contribution >= 0.6 is 0 Å². The fourth-order valence-electron chi connectivity index (χ4n) is 3.11. The number of hydrogen-bond acceptors (Lipinski definition) is 3. The quantitative estimate of drug-likeness (QED) is 0.705. The SMILES string of the molecule is CCN(CCOC)CC1(CNC)CCCCC1. The first-order chi connectivity index (χ1) is 8.26. The second-order valence-corrected chi connectivity index (χ2v) is 5.45. The van der Waals surface area contributed by atoms with Crippen molar-refractivity contribution >= 4 is 0 Å². The average Bonchev–Trinajstić information content (AvgIpc) is 2.36. The summed E-state index contributed by atoms with van der Waals surface area (Å²) in [5.41, 5.74) is 0.511. The largest absolute Gasteiger partial charge is 0.383 e. The van der Waals surface area contributed by atoms with Crippen molar-refractivity contribution in [3.8, 4) is 0 Å². The zero-order valence-corrected chi connectivity index (χ0v) is 11.9. The summed E-state index contributed by atoms with van der Waals surface area (Å²) in [6, 6.07) is 0. The minimum absolute atomic E-state index is 0.511. The molecule has 0 atom stereocenters. The molecule has 0 amide bonds. The second kappa shape index (κ2) is 8.06. The Kier molecular flexibility index (Phi) is 7.09. The van der Waals surface area contributed by atoms with Gasteiger partial charge in [0.05, 0.1) is 6.61 Å². The summed E-state index contributed by atoms with van der Waals surface area (Å²) in [6.07, 6.45) is 7.01. The first-order valence-electron chi connectivity index (χ1n) is 7.12. The molecule has 0 unspecified atom stereocenters. The summed E-state index contributed by atoms with van der Waals surface area (Å²) >= 11 is 0. The van der Waals surface area contributed by atoms with E-state index < -0.39 is 0 Å². The third-order valence-electron chi connectivity index (χ3n) is 4.08. The van der Waals surface area contributed by atoms with Gasteiger partial charge in [0, 0.05) is 26.7 Å². The van der Waals surface area contributed by atoms with Crippen molar-refractivity contribution in [3.63, 3.8) is 0 Å². The lowest BCUT2D eigenvalue weighted by Crippen LogP contribution is -2.45. The fraction of sp³-hybridized carbons (Fsp3) is 1.00. The van der Waals surface area contributed by atoms with Crippen LogP contribution in [0.15, 0.2) is 0 Å². The molecule has 0 aromatic carbocycles. The molecule has 0 saturated heterocycles. The minimum Gasteiger partial charge on any atom is -0.383 e. The number of hydrogen-bond donors (Lipinski definition) is 1. The van der Waals surface area contributed by atoms with Crippen molar-refractivity contribution < 1.29 is 4.74 Å². The Morgan fingerprint density at radius 2 is 1.94 bits per heavy atom. The molecule has 0 aromatic rings. The van der Waals surface area contributed by atoms with E-state index in [0.29, 0.717) is 5.41 Å². The number of likely N-dealkylation sites (N-methyl/N-ethyl adjacent to an activating group) is 1. The van der Waals surface area contributed by atoms with Crippen LogP contribution in [0.4, 0.5) is 0 Å². The fourth-order valence-corrected chi connectivity index (χ4v) is 3.11. The molecule has 1 fully saturated rings. The molecule has 102 valence electrons. The van der Waals surface area contributed by atoms with Gasteiger partial charge in [0.1, 0.15) is 0 Å². The van der Waals surface area contributed by atoms with Gasteiger partial charge in [0.2, 0.25) is 0 Å². The molecule has 1 rings (SSSR count). The van der Waals surface area contributed by atoms with Gasteiger partial charge in [-0.1, -0.05) is 26.2 Å². The van der Waals surface area contributed by atoms with Crippen molar-refractivity contribution in [2.45, 2.75) is 39.0 Å². The van der Waals surface area contributed by atoms with Gasteiger partial charge in [-0.05, 0) is 31.8 Å². The Labute approximate surface area is 107 Å². The molecule has 3 heteroatoms. The maximum absolute atomic E-state index is 5.20. The Balaban J connectivity index is 2.50. The molecule has 0 aromatic heterocycles. The van der Waals surface area contributed by atoms with Crippen LogP contribution in [0.3, 0.4) is 0 Å². The summed E-state index contributed by atoms with van der Waals surface area (Å²) < 4.78 is 5.20. The number of ether oxygens (including phenoxy) is 1. The highest BCUT2D eigenvalue weighted by Gasteiger charge is 2.32. The molecule has 0 spiro atoms. The maximum atomic E-state index is 5.20. The lowest BCUT2D eigenvalue weighted by Gasteiger charge is -2.41. The van der Waals surface area contributed by atoms with Crippen molar-refractivity contribution in [3.05, 3.63) is 0 Å². The van der Waals surface area contributed by atoms with Gasteiger partial charge in [0.15, 0.2) is 0 Å². The third kappa shape index (κ3) is 4.94. The van der Waals surface area contributed by atoms with Crippen LogP contribution in [-0.2, 0) is 4.74 Å². The van der Waals surface area contributed by atoms with Crippen LogP contribution in [0.1, 0.15) is 39.0 Å². The van der Waals surface area contributed by atoms with Crippen molar-refractivity contribution in [2.75, 3.05) is 46.9 Å². The number of nitrogens with zero attached hydrogens (tertiary/aromatic N) is 1. The van der Waals surface area contributed by atoms with E-state index in [2.05, 4.69) is 24.2 Å². The van der Waals surface area contributed by atoms with E-state index in [1.54, 1.807) is 7.11 Å². The van der Waals surface area contributed by atoms with E-state index in [0.717, 1.165) is 26.2 Å². The van der Waals surface area contributed by atoms with Crippen LogP contribution in [0.25, 0.3) is 0 Å². The van der Waals surface area contributed by atoms with Crippen LogP contribution in [-0.4, -0.2) is 51.8 Å². The third-order valence-corrected chi connectivity index (χ3v) is 4.08. The van der Waals surface area contributed by atoms with Gasteiger partial charge in [-0.3, -0.25) is 0 Å². The average molecular weight is 242 g/mol. The zero-order chi connectivity index (χ0) is 12.6. The lowest BCUT2D eigenvalue weighted by molar-refractivity contribution is 0.0834. The number of nitrogens with one attached hydrogen (secondary N) is 1. The van der Waals surface area contributed by atoms with Gasteiger partial charge in [-0.25, -0.2) is 0 Å². The smallest absolute Gasteiger partial charge is 0.0589 e.